The number of carbonyl (C=O) groups excluding carboxylic acids is 1. The van der Waals surface area contributed by atoms with E-state index in [9.17, 15) is 4.79 Å². The second-order valence-electron chi connectivity index (χ2n) is 5.30. The van der Waals surface area contributed by atoms with Crippen LogP contribution in [0.2, 0.25) is 0 Å². The third-order valence-electron chi connectivity index (χ3n) is 3.14. The van der Waals surface area contributed by atoms with Gasteiger partial charge in [0.25, 0.3) is 5.91 Å². The molecule has 0 fully saturated rings. The van der Waals surface area contributed by atoms with E-state index in [0.29, 0.717) is 6.54 Å². The Morgan fingerprint density at radius 1 is 1.33 bits per heavy atom. The van der Waals surface area contributed by atoms with Crippen molar-refractivity contribution in [1.82, 2.24) is 5.32 Å². The van der Waals surface area contributed by atoms with Crippen molar-refractivity contribution < 1.29 is 4.79 Å². The highest BCUT2D eigenvalue weighted by molar-refractivity contribution is 9.09. The highest BCUT2D eigenvalue weighted by Crippen LogP contribution is 2.20. The Morgan fingerprint density at radius 2 is 2.00 bits per heavy atom. The molecule has 0 aromatic heterocycles. The maximum absolute atomic E-state index is 12.2. The number of benzene rings is 1. The molecule has 0 spiro atoms. The number of carbonyl (C=O) groups is 1. The van der Waals surface area contributed by atoms with Crippen LogP contribution in [0, 0.1) is 5.41 Å². The van der Waals surface area contributed by atoms with Gasteiger partial charge in [-0.15, -0.1) is 0 Å². The fraction of sp³-hybridized carbons (Fsp3) is 0.533. The number of rotatable bonds is 6. The first-order valence-electron chi connectivity index (χ1n) is 6.42. The van der Waals surface area contributed by atoms with Crippen LogP contribution in [0.25, 0.3) is 0 Å². The van der Waals surface area contributed by atoms with Crippen LogP contribution >= 0.6 is 15.9 Å². The molecule has 18 heavy (non-hydrogen) atoms. The molecule has 0 atom stereocenters. The number of amides is 1. The fourth-order valence-electron chi connectivity index (χ4n) is 1.81. The summed E-state index contributed by atoms with van der Waals surface area (Å²) in [5, 5.41) is 4.00. The highest BCUT2D eigenvalue weighted by Gasteiger charge is 2.19. The van der Waals surface area contributed by atoms with E-state index in [1.807, 2.05) is 24.3 Å². The third-order valence-corrected chi connectivity index (χ3v) is 3.54. The van der Waals surface area contributed by atoms with Crippen LogP contribution in [-0.2, 0) is 6.42 Å². The second-order valence-corrected chi connectivity index (χ2v) is 6.09. The molecule has 0 unspecified atom stereocenters. The van der Waals surface area contributed by atoms with Gasteiger partial charge in [0.15, 0.2) is 0 Å². The van der Waals surface area contributed by atoms with E-state index in [2.05, 4.69) is 42.0 Å². The molecule has 0 saturated heterocycles. The van der Waals surface area contributed by atoms with Crippen molar-refractivity contribution in [2.75, 3.05) is 11.9 Å². The molecule has 1 amide bonds. The van der Waals surface area contributed by atoms with E-state index >= 15 is 0 Å². The molecule has 100 valence electrons. The van der Waals surface area contributed by atoms with Crippen LogP contribution in [0.5, 0.6) is 0 Å². The Kier molecular flexibility index (Phi) is 5.86. The Labute approximate surface area is 118 Å². The van der Waals surface area contributed by atoms with Gasteiger partial charge in [-0.2, -0.15) is 0 Å². The summed E-state index contributed by atoms with van der Waals surface area (Å²) in [4.78, 5) is 12.2. The maximum atomic E-state index is 12.2. The first-order valence-corrected chi connectivity index (χ1v) is 7.54. The Balaban J connectivity index is 2.66. The van der Waals surface area contributed by atoms with Crippen molar-refractivity contribution >= 4 is 21.8 Å². The largest absolute Gasteiger partial charge is 0.351 e. The van der Waals surface area contributed by atoms with Crippen molar-refractivity contribution in [1.29, 1.82) is 0 Å². The summed E-state index contributed by atoms with van der Waals surface area (Å²) < 4.78 is 0. The highest BCUT2D eigenvalue weighted by atomic mass is 79.9. The molecular formula is C15H22BrNO. The lowest BCUT2D eigenvalue weighted by molar-refractivity contribution is 0.0935. The number of hydrogen-bond donors (Lipinski definition) is 1. The van der Waals surface area contributed by atoms with Crippen LogP contribution in [0.1, 0.15) is 43.1 Å². The smallest absolute Gasteiger partial charge is 0.251 e. The molecule has 1 aromatic rings. The van der Waals surface area contributed by atoms with Gasteiger partial charge >= 0.3 is 0 Å². The summed E-state index contributed by atoms with van der Waals surface area (Å²) in [6.07, 6.45) is 1.93. The lowest BCUT2D eigenvalue weighted by Crippen LogP contribution is -2.34. The van der Waals surface area contributed by atoms with Crippen molar-refractivity contribution in [3.63, 3.8) is 0 Å². The Bertz CT molecular complexity index is 401. The first-order chi connectivity index (χ1) is 8.50. The summed E-state index contributed by atoms with van der Waals surface area (Å²) in [5.41, 5.74) is 2.03. The van der Waals surface area contributed by atoms with Gasteiger partial charge in [0, 0.05) is 17.4 Å². The minimum absolute atomic E-state index is 0.0371. The van der Waals surface area contributed by atoms with Crippen LogP contribution in [0.3, 0.4) is 0 Å². The summed E-state index contributed by atoms with van der Waals surface area (Å²) >= 11 is 3.45. The molecule has 1 rings (SSSR count). The van der Waals surface area contributed by atoms with Gasteiger partial charge in [0.1, 0.15) is 0 Å². The van der Waals surface area contributed by atoms with Crippen LogP contribution in [0.4, 0.5) is 0 Å². The molecule has 1 aromatic carbocycles. The molecule has 0 radical (unpaired) electrons. The molecule has 0 heterocycles. The van der Waals surface area contributed by atoms with E-state index in [4.69, 9.17) is 0 Å². The zero-order valence-electron chi connectivity index (χ0n) is 11.4. The normalized spacial score (nSPS) is 11.3. The Morgan fingerprint density at radius 3 is 2.61 bits per heavy atom. The molecule has 0 bridgehead atoms. The number of hydrogen-bond acceptors (Lipinski definition) is 1. The van der Waals surface area contributed by atoms with Crippen molar-refractivity contribution in [2.24, 2.45) is 5.41 Å². The fourth-order valence-corrected chi connectivity index (χ4v) is 2.88. The van der Waals surface area contributed by atoms with E-state index in [0.717, 1.165) is 29.3 Å². The summed E-state index contributed by atoms with van der Waals surface area (Å²) in [5.74, 6) is 0.0371. The molecule has 2 nitrogen and oxygen atoms in total. The van der Waals surface area contributed by atoms with Gasteiger partial charge < -0.3 is 5.32 Å². The van der Waals surface area contributed by atoms with Gasteiger partial charge in [-0.05, 0) is 29.9 Å². The van der Waals surface area contributed by atoms with Gasteiger partial charge in [-0.1, -0.05) is 54.9 Å². The average Bonchev–Trinajstić information content (AvgIpc) is 2.36. The molecule has 0 aliphatic carbocycles. The van der Waals surface area contributed by atoms with E-state index in [1.165, 1.54) is 0 Å². The van der Waals surface area contributed by atoms with Gasteiger partial charge in [0.2, 0.25) is 0 Å². The minimum atomic E-state index is 0.0371. The second kappa shape index (κ2) is 6.93. The monoisotopic (exact) mass is 311 g/mol. The van der Waals surface area contributed by atoms with Crippen molar-refractivity contribution in [3.05, 3.63) is 35.4 Å². The Hall–Kier alpha value is -0.830. The van der Waals surface area contributed by atoms with Crippen LogP contribution in [0.15, 0.2) is 24.3 Å². The number of alkyl halides is 1. The third kappa shape index (κ3) is 4.45. The van der Waals surface area contributed by atoms with Gasteiger partial charge in [-0.25, -0.2) is 0 Å². The van der Waals surface area contributed by atoms with Crippen molar-refractivity contribution in [2.45, 2.75) is 33.6 Å². The standard InChI is InChI=1S/C15H22BrNO/c1-4-12-7-5-6-8-13(12)14(18)17-11-15(2,3)9-10-16/h5-8H,4,9-11H2,1-3H3,(H,17,18). The summed E-state index contributed by atoms with van der Waals surface area (Å²) in [7, 11) is 0. The summed E-state index contributed by atoms with van der Waals surface area (Å²) in [6, 6.07) is 7.80. The summed E-state index contributed by atoms with van der Waals surface area (Å²) in [6.45, 7) is 7.11. The molecular weight excluding hydrogens is 290 g/mol. The molecule has 3 heteroatoms. The average molecular weight is 312 g/mol. The van der Waals surface area contributed by atoms with Crippen LogP contribution < -0.4 is 5.32 Å². The van der Waals surface area contributed by atoms with Gasteiger partial charge in [0.05, 0.1) is 0 Å². The predicted octanol–water partition coefficient (Wildman–Crippen LogP) is 3.79. The van der Waals surface area contributed by atoms with Gasteiger partial charge in [-0.3, -0.25) is 4.79 Å². The minimum Gasteiger partial charge on any atom is -0.351 e. The molecule has 0 saturated carbocycles. The van der Waals surface area contributed by atoms with Crippen molar-refractivity contribution in [3.8, 4) is 0 Å². The topological polar surface area (TPSA) is 29.1 Å². The van der Waals surface area contributed by atoms with E-state index < -0.39 is 0 Å². The molecule has 0 aliphatic heterocycles. The van der Waals surface area contributed by atoms with E-state index in [-0.39, 0.29) is 11.3 Å². The lowest BCUT2D eigenvalue weighted by atomic mass is 9.90. The number of halogens is 1. The zero-order chi connectivity index (χ0) is 13.6. The zero-order valence-corrected chi connectivity index (χ0v) is 13.0. The van der Waals surface area contributed by atoms with E-state index in [1.54, 1.807) is 0 Å². The lowest BCUT2D eigenvalue weighted by Gasteiger charge is -2.24. The number of nitrogens with one attached hydrogen (secondary N) is 1. The number of aryl methyl sites for hydroxylation is 1. The molecule has 1 N–H and O–H groups in total. The SMILES string of the molecule is CCc1ccccc1C(=O)NCC(C)(C)CCBr. The maximum Gasteiger partial charge on any atom is 0.251 e. The first kappa shape index (κ1) is 15.2. The molecule has 0 aliphatic rings. The predicted molar refractivity (Wildman–Crippen MR) is 80.3 cm³/mol. The van der Waals surface area contributed by atoms with Crippen LogP contribution in [-0.4, -0.2) is 17.8 Å². The quantitative estimate of drug-likeness (QED) is 0.796.